The summed E-state index contributed by atoms with van der Waals surface area (Å²) in [5, 5.41) is 24.1. The SMILES string of the molecule is CC(C)(C)NC(CCCCNC(C)(C)C(=O)CCOCCOCCNC(=O)CCOCCOCCNC(=O)CCCCCCCCCCCCCCCCCCC(=O)O)C(=O)NC(C)(C)S. The van der Waals surface area contributed by atoms with Crippen LogP contribution in [0, 0.1) is 0 Å². The third-order valence-electron chi connectivity index (χ3n) is 10.9. The number of ether oxygens (including phenoxy) is 4. The molecule has 1 unspecified atom stereocenters. The van der Waals surface area contributed by atoms with Crippen LogP contribution in [0.5, 0.6) is 0 Å². The van der Waals surface area contributed by atoms with Crippen molar-refractivity contribution < 1.29 is 48.0 Å². The Morgan fingerprint density at radius 3 is 1.33 bits per heavy atom. The molecule has 6 N–H and O–H groups in total. The summed E-state index contributed by atoms with van der Waals surface area (Å²) in [7, 11) is 0. The van der Waals surface area contributed by atoms with Gasteiger partial charge in [0.2, 0.25) is 17.7 Å². The highest BCUT2D eigenvalue weighted by molar-refractivity contribution is 7.81. The Kier molecular flexibility index (Phi) is 39.1. The van der Waals surface area contributed by atoms with Crippen LogP contribution < -0.4 is 26.6 Å². The highest BCUT2D eigenvalue weighted by atomic mass is 32.1. The highest BCUT2D eigenvalue weighted by Crippen LogP contribution is 2.16. The van der Waals surface area contributed by atoms with E-state index in [4.69, 9.17) is 24.1 Å². The lowest BCUT2D eigenvalue weighted by Gasteiger charge is -2.30. The van der Waals surface area contributed by atoms with Crippen LogP contribution >= 0.6 is 12.6 Å². The molecule has 0 heterocycles. The van der Waals surface area contributed by atoms with Crippen molar-refractivity contribution in [3.05, 3.63) is 0 Å². The fourth-order valence-corrected chi connectivity index (χ4v) is 7.29. The van der Waals surface area contributed by atoms with Gasteiger partial charge in [-0.05, 0) is 80.7 Å². The Morgan fingerprint density at radius 1 is 0.485 bits per heavy atom. The molecule has 0 aromatic heterocycles. The van der Waals surface area contributed by atoms with Crippen LogP contribution in [0.2, 0.25) is 0 Å². The van der Waals surface area contributed by atoms with Crippen molar-refractivity contribution in [2.24, 2.45) is 0 Å². The van der Waals surface area contributed by atoms with E-state index >= 15 is 0 Å². The first kappa shape index (κ1) is 63.7. The van der Waals surface area contributed by atoms with Crippen molar-refractivity contribution in [3.63, 3.8) is 0 Å². The summed E-state index contributed by atoms with van der Waals surface area (Å²) in [5.74, 6) is -0.741. The summed E-state index contributed by atoms with van der Waals surface area (Å²) in [5.41, 5.74) is -0.896. The first-order valence-corrected chi connectivity index (χ1v) is 25.9. The van der Waals surface area contributed by atoms with Crippen LogP contribution in [0.1, 0.15) is 196 Å². The fourth-order valence-electron chi connectivity index (χ4n) is 7.18. The number of thiol groups is 1. The molecule has 0 aromatic rings. The molecule has 0 saturated heterocycles. The van der Waals surface area contributed by atoms with Gasteiger partial charge in [-0.15, -0.1) is 0 Å². The molecule has 1 atom stereocenters. The Balaban J connectivity index is 3.61. The minimum absolute atomic E-state index is 0.0654. The van der Waals surface area contributed by atoms with Crippen LogP contribution in [0.3, 0.4) is 0 Å². The Hall–Kier alpha value is -2.34. The number of carboxylic acid groups (broad SMARTS) is 1. The lowest BCUT2D eigenvalue weighted by Crippen LogP contribution is -2.54. The van der Waals surface area contributed by atoms with Crippen molar-refractivity contribution in [2.45, 2.75) is 218 Å². The summed E-state index contributed by atoms with van der Waals surface area (Å²) in [4.78, 5) is 59.7. The quantitative estimate of drug-likeness (QED) is 0.0177. The number of hydrogen-bond donors (Lipinski definition) is 7. The maximum Gasteiger partial charge on any atom is 0.303 e. The molecule has 3 amide bonds. The second-order valence-electron chi connectivity index (χ2n) is 19.7. The maximum absolute atomic E-state index is 12.8. The summed E-state index contributed by atoms with van der Waals surface area (Å²) in [6.07, 6.45) is 22.8. The van der Waals surface area contributed by atoms with E-state index in [9.17, 15) is 24.0 Å². The van der Waals surface area contributed by atoms with Gasteiger partial charge in [0.15, 0.2) is 5.78 Å². The smallest absolute Gasteiger partial charge is 0.303 e. The molecule has 0 spiro atoms. The minimum atomic E-state index is -0.688. The molecule has 388 valence electrons. The Morgan fingerprint density at radius 2 is 0.894 bits per heavy atom. The number of nitrogens with one attached hydrogen (secondary N) is 5. The molecule has 0 radical (unpaired) electrons. The van der Waals surface area contributed by atoms with Gasteiger partial charge in [-0.3, -0.25) is 24.0 Å². The number of carbonyl (C=O) groups is 5. The summed E-state index contributed by atoms with van der Waals surface area (Å²) >= 11 is 4.43. The molecule has 0 aliphatic carbocycles. The van der Waals surface area contributed by atoms with Crippen molar-refractivity contribution >= 4 is 42.1 Å². The van der Waals surface area contributed by atoms with Gasteiger partial charge in [-0.2, -0.15) is 12.6 Å². The third-order valence-corrected chi connectivity index (χ3v) is 11.0. The number of hydrogen-bond acceptors (Lipinski definition) is 12. The molecule has 15 nitrogen and oxygen atoms in total. The van der Waals surface area contributed by atoms with Crippen LogP contribution in [0.25, 0.3) is 0 Å². The van der Waals surface area contributed by atoms with E-state index in [-0.39, 0.29) is 47.9 Å². The van der Waals surface area contributed by atoms with Gasteiger partial charge in [0, 0.05) is 44.3 Å². The van der Waals surface area contributed by atoms with Crippen LogP contribution in [-0.2, 0) is 42.9 Å². The van der Waals surface area contributed by atoms with Gasteiger partial charge in [0.25, 0.3) is 0 Å². The van der Waals surface area contributed by atoms with E-state index in [1.165, 1.54) is 70.6 Å². The number of ketones is 1. The number of carbonyl (C=O) groups excluding carboxylic acids is 4. The Labute approximate surface area is 406 Å². The lowest BCUT2D eigenvalue weighted by atomic mass is 9.96. The zero-order chi connectivity index (χ0) is 49.4. The van der Waals surface area contributed by atoms with Crippen molar-refractivity contribution in [1.82, 2.24) is 26.6 Å². The molecule has 0 aliphatic heterocycles. The monoisotopic (exact) mass is 960 g/mol. The predicted molar refractivity (Wildman–Crippen MR) is 268 cm³/mol. The number of aliphatic carboxylic acids is 1. The van der Waals surface area contributed by atoms with E-state index in [2.05, 4.69) is 39.2 Å². The van der Waals surface area contributed by atoms with E-state index in [0.29, 0.717) is 91.8 Å². The molecule has 0 bridgehead atoms. The molecule has 0 fully saturated rings. The average molecular weight is 960 g/mol. The highest BCUT2D eigenvalue weighted by Gasteiger charge is 2.28. The van der Waals surface area contributed by atoms with Crippen molar-refractivity contribution in [1.29, 1.82) is 0 Å². The largest absolute Gasteiger partial charge is 0.481 e. The summed E-state index contributed by atoms with van der Waals surface area (Å²) in [6, 6.07) is -0.328. The van der Waals surface area contributed by atoms with Gasteiger partial charge < -0.3 is 50.6 Å². The zero-order valence-electron chi connectivity index (χ0n) is 42.7. The summed E-state index contributed by atoms with van der Waals surface area (Å²) in [6.45, 7) is 17.9. The standard InChI is InChI=1S/C50H97N5O10S/c1-48(2,3)54-42(47(61)55-50(6,7)66)26-24-25-31-53-49(4,5)43(56)29-34-62-38-40-65-37-33-52-45(58)30-35-63-39-41-64-36-32-51-44(57)27-22-20-18-16-14-12-10-8-9-11-13-15-17-19-21-23-28-46(59)60/h42,53-54,66H,8-41H2,1-7H3,(H,51,57)(H,52,58)(H,55,61)(H,59,60). The molecular weight excluding hydrogens is 863 g/mol. The predicted octanol–water partition coefficient (Wildman–Crippen LogP) is 7.82. The number of rotatable bonds is 47. The maximum atomic E-state index is 12.8. The first-order valence-electron chi connectivity index (χ1n) is 25.5. The van der Waals surface area contributed by atoms with E-state index < -0.39 is 16.4 Å². The number of Topliss-reactive ketones (excluding diaryl/α,β-unsaturated/α-hetero) is 1. The third kappa shape index (κ3) is 44.2. The molecular formula is C50H97N5O10S. The van der Waals surface area contributed by atoms with E-state index in [0.717, 1.165) is 44.9 Å². The average Bonchev–Trinajstić information content (AvgIpc) is 3.22. The first-order chi connectivity index (χ1) is 31.3. The van der Waals surface area contributed by atoms with Gasteiger partial charge >= 0.3 is 5.97 Å². The minimum Gasteiger partial charge on any atom is -0.481 e. The second-order valence-corrected chi connectivity index (χ2v) is 20.8. The molecule has 16 heteroatoms. The van der Waals surface area contributed by atoms with Gasteiger partial charge in [-0.1, -0.05) is 96.3 Å². The summed E-state index contributed by atoms with van der Waals surface area (Å²) < 4.78 is 22.2. The zero-order valence-corrected chi connectivity index (χ0v) is 43.6. The van der Waals surface area contributed by atoms with Gasteiger partial charge in [0.05, 0.1) is 69.3 Å². The normalized spacial score (nSPS) is 12.5. The fraction of sp³-hybridized carbons (Fsp3) is 0.900. The second kappa shape index (κ2) is 40.5. The molecule has 0 aromatic carbocycles. The van der Waals surface area contributed by atoms with Crippen molar-refractivity contribution in [3.8, 4) is 0 Å². The van der Waals surface area contributed by atoms with Crippen LogP contribution in [0.4, 0.5) is 0 Å². The van der Waals surface area contributed by atoms with E-state index in [1.807, 2.05) is 48.5 Å². The van der Waals surface area contributed by atoms with Crippen LogP contribution in [-0.4, -0.2) is 129 Å². The van der Waals surface area contributed by atoms with Gasteiger partial charge in [-0.25, -0.2) is 0 Å². The number of unbranched alkanes of at least 4 members (excludes halogenated alkanes) is 16. The number of carboxylic acids is 1. The van der Waals surface area contributed by atoms with E-state index in [1.54, 1.807) is 0 Å². The topological polar surface area (TPSA) is 203 Å². The Bertz CT molecular complexity index is 1260. The molecule has 0 aliphatic rings. The van der Waals surface area contributed by atoms with Gasteiger partial charge in [0.1, 0.15) is 0 Å². The van der Waals surface area contributed by atoms with Crippen LogP contribution in [0.15, 0.2) is 0 Å². The van der Waals surface area contributed by atoms with Crippen molar-refractivity contribution in [2.75, 3.05) is 72.5 Å². The number of amides is 3. The molecule has 0 rings (SSSR count). The lowest BCUT2D eigenvalue weighted by molar-refractivity contribution is -0.137. The molecule has 0 saturated carbocycles. The molecule has 66 heavy (non-hydrogen) atoms.